The first-order chi connectivity index (χ1) is 14.8. The molecule has 3 aliphatic rings. The average molecular weight is 405 g/mol. The molecule has 0 N–H and O–H groups in total. The van der Waals surface area contributed by atoms with Gasteiger partial charge in [0, 0.05) is 19.6 Å². The Hall–Kier alpha value is -2.49. The van der Waals surface area contributed by atoms with E-state index in [0.717, 1.165) is 50.1 Å². The van der Waals surface area contributed by atoms with Crippen LogP contribution in [0.4, 0.5) is 4.79 Å². The minimum Gasteiger partial charge on any atom is -0.489 e. The molecule has 0 radical (unpaired) electrons. The zero-order valence-electron chi connectivity index (χ0n) is 17.7. The summed E-state index contributed by atoms with van der Waals surface area (Å²) in [5.74, 6) is 3.22. The highest BCUT2D eigenvalue weighted by Crippen LogP contribution is 2.50. The highest BCUT2D eigenvalue weighted by atomic mass is 16.5. The molecule has 2 aromatic rings. The van der Waals surface area contributed by atoms with Crippen LogP contribution in [0.25, 0.3) is 0 Å². The van der Waals surface area contributed by atoms with E-state index in [4.69, 9.17) is 4.74 Å². The fraction of sp³-hybridized carbons (Fsp3) is 0.500. The van der Waals surface area contributed by atoms with E-state index < -0.39 is 0 Å². The molecule has 4 heteroatoms. The number of carbonyl (C=O) groups excluding carboxylic acids is 1. The van der Waals surface area contributed by atoms with Crippen LogP contribution in [0, 0.1) is 11.8 Å². The Kier molecular flexibility index (Phi) is 5.65. The van der Waals surface area contributed by atoms with Gasteiger partial charge in [-0.3, -0.25) is 0 Å². The summed E-state index contributed by atoms with van der Waals surface area (Å²) < 4.78 is 6.09. The van der Waals surface area contributed by atoms with Gasteiger partial charge in [-0.1, -0.05) is 48.5 Å². The Bertz CT molecular complexity index is 835. The van der Waals surface area contributed by atoms with Crippen molar-refractivity contribution in [2.24, 2.45) is 11.8 Å². The Morgan fingerprint density at radius 2 is 1.63 bits per heavy atom. The molecule has 2 amide bonds. The Morgan fingerprint density at radius 3 is 2.40 bits per heavy atom. The molecule has 2 saturated heterocycles. The summed E-state index contributed by atoms with van der Waals surface area (Å²) in [6, 6.07) is 21.1. The van der Waals surface area contributed by atoms with Gasteiger partial charge in [0.15, 0.2) is 0 Å². The van der Waals surface area contributed by atoms with E-state index >= 15 is 0 Å². The average Bonchev–Trinajstić information content (AvgIpc) is 3.54. The summed E-state index contributed by atoms with van der Waals surface area (Å²) in [5, 5.41) is 0. The van der Waals surface area contributed by atoms with Gasteiger partial charge in [-0.05, 0) is 67.6 Å². The number of para-hydroxylation sites is 1. The van der Waals surface area contributed by atoms with Crippen molar-refractivity contribution < 1.29 is 9.53 Å². The number of likely N-dealkylation sites (tertiary alicyclic amines) is 2. The Morgan fingerprint density at radius 1 is 0.900 bits per heavy atom. The molecule has 0 spiro atoms. The van der Waals surface area contributed by atoms with Gasteiger partial charge in [-0.25, -0.2) is 4.79 Å². The van der Waals surface area contributed by atoms with Crippen LogP contribution in [-0.4, -0.2) is 48.1 Å². The number of piperidine rings is 1. The smallest absolute Gasteiger partial charge is 0.320 e. The molecular formula is C26H32N2O2. The number of hydrogen-bond acceptors (Lipinski definition) is 2. The predicted octanol–water partition coefficient (Wildman–Crippen LogP) is 5.17. The highest BCUT2D eigenvalue weighted by Gasteiger charge is 2.40. The first kappa shape index (κ1) is 19.5. The SMILES string of the molecule is O=C(N1CC(CCC2CC2c2ccccc2)C1)N1CCCC(Oc2ccccc2)C1. The van der Waals surface area contributed by atoms with Crippen molar-refractivity contribution in [3.63, 3.8) is 0 Å². The lowest BCUT2D eigenvalue weighted by Gasteiger charge is -2.44. The molecule has 4 nitrogen and oxygen atoms in total. The maximum absolute atomic E-state index is 12.9. The largest absolute Gasteiger partial charge is 0.489 e. The topological polar surface area (TPSA) is 32.8 Å². The highest BCUT2D eigenvalue weighted by molar-refractivity contribution is 5.75. The second-order valence-corrected chi connectivity index (χ2v) is 9.29. The van der Waals surface area contributed by atoms with Crippen LogP contribution >= 0.6 is 0 Å². The molecule has 158 valence electrons. The summed E-state index contributed by atoms with van der Waals surface area (Å²) in [6.07, 6.45) is 6.05. The number of rotatable bonds is 6. The number of benzene rings is 2. The third kappa shape index (κ3) is 4.48. The minimum absolute atomic E-state index is 0.104. The molecule has 3 unspecified atom stereocenters. The van der Waals surface area contributed by atoms with Crippen LogP contribution in [0.15, 0.2) is 60.7 Å². The molecule has 2 heterocycles. The summed E-state index contributed by atoms with van der Waals surface area (Å²) in [7, 11) is 0. The lowest BCUT2D eigenvalue weighted by molar-refractivity contribution is 0.0548. The summed E-state index contributed by atoms with van der Waals surface area (Å²) in [5.41, 5.74) is 1.50. The lowest BCUT2D eigenvalue weighted by Crippen LogP contribution is -2.57. The number of ether oxygens (including phenoxy) is 1. The Balaban J connectivity index is 1.03. The number of amides is 2. The monoisotopic (exact) mass is 404 g/mol. The normalized spacial score (nSPS) is 26.2. The van der Waals surface area contributed by atoms with Crippen LogP contribution in [0.2, 0.25) is 0 Å². The van der Waals surface area contributed by atoms with E-state index in [1.165, 1.54) is 24.8 Å². The van der Waals surface area contributed by atoms with Gasteiger partial charge < -0.3 is 14.5 Å². The molecule has 5 rings (SSSR count). The van der Waals surface area contributed by atoms with E-state index in [-0.39, 0.29) is 12.1 Å². The Labute approximate surface area is 179 Å². The molecule has 2 aromatic carbocycles. The van der Waals surface area contributed by atoms with Gasteiger partial charge in [0.2, 0.25) is 0 Å². The van der Waals surface area contributed by atoms with Crippen molar-refractivity contribution in [2.45, 2.75) is 44.1 Å². The van der Waals surface area contributed by atoms with E-state index in [2.05, 4.69) is 30.3 Å². The van der Waals surface area contributed by atoms with E-state index in [1.54, 1.807) is 0 Å². The molecule has 0 bridgehead atoms. The summed E-state index contributed by atoms with van der Waals surface area (Å²) in [4.78, 5) is 16.9. The van der Waals surface area contributed by atoms with Crippen molar-refractivity contribution in [2.75, 3.05) is 26.2 Å². The number of nitrogens with zero attached hydrogens (tertiary/aromatic N) is 2. The standard InChI is InChI=1S/C26H32N2O2/c29-26(27-15-7-12-24(19-27)30-23-10-5-2-6-11-23)28-17-20(18-28)13-14-22-16-25(22)21-8-3-1-4-9-21/h1-6,8-11,20,22,24-25H,7,12-19H2. The number of urea groups is 1. The molecule has 3 atom stereocenters. The van der Waals surface area contributed by atoms with E-state index in [1.807, 2.05) is 40.1 Å². The van der Waals surface area contributed by atoms with Gasteiger partial charge in [-0.2, -0.15) is 0 Å². The van der Waals surface area contributed by atoms with Gasteiger partial charge in [0.1, 0.15) is 11.9 Å². The van der Waals surface area contributed by atoms with Crippen LogP contribution in [-0.2, 0) is 0 Å². The number of hydrogen-bond donors (Lipinski definition) is 0. The quantitative estimate of drug-likeness (QED) is 0.666. The van der Waals surface area contributed by atoms with Crippen molar-refractivity contribution in [1.29, 1.82) is 0 Å². The van der Waals surface area contributed by atoms with Crippen LogP contribution < -0.4 is 4.74 Å². The molecule has 0 aromatic heterocycles. The van der Waals surface area contributed by atoms with Crippen LogP contribution in [0.1, 0.15) is 43.6 Å². The summed E-state index contributed by atoms with van der Waals surface area (Å²) >= 11 is 0. The number of carbonyl (C=O) groups is 1. The molecule has 1 aliphatic carbocycles. The van der Waals surface area contributed by atoms with Gasteiger partial charge in [0.05, 0.1) is 6.54 Å². The lowest BCUT2D eigenvalue weighted by atomic mass is 9.93. The fourth-order valence-electron chi connectivity index (χ4n) is 5.13. The second-order valence-electron chi connectivity index (χ2n) is 9.29. The second kappa shape index (κ2) is 8.71. The maximum Gasteiger partial charge on any atom is 0.320 e. The maximum atomic E-state index is 12.9. The zero-order chi connectivity index (χ0) is 20.3. The van der Waals surface area contributed by atoms with Crippen molar-refractivity contribution in [3.8, 4) is 5.75 Å². The van der Waals surface area contributed by atoms with Gasteiger partial charge >= 0.3 is 6.03 Å². The van der Waals surface area contributed by atoms with Crippen LogP contribution in [0.3, 0.4) is 0 Å². The minimum atomic E-state index is 0.104. The van der Waals surface area contributed by atoms with Crippen molar-refractivity contribution in [3.05, 3.63) is 66.2 Å². The zero-order valence-corrected chi connectivity index (χ0v) is 17.7. The fourth-order valence-corrected chi connectivity index (χ4v) is 5.13. The van der Waals surface area contributed by atoms with Gasteiger partial charge in [0.25, 0.3) is 0 Å². The molecule has 1 saturated carbocycles. The van der Waals surface area contributed by atoms with Crippen molar-refractivity contribution >= 4 is 6.03 Å². The molecule has 30 heavy (non-hydrogen) atoms. The van der Waals surface area contributed by atoms with Crippen molar-refractivity contribution in [1.82, 2.24) is 9.80 Å². The van der Waals surface area contributed by atoms with Gasteiger partial charge in [-0.15, -0.1) is 0 Å². The van der Waals surface area contributed by atoms with Crippen LogP contribution in [0.5, 0.6) is 5.75 Å². The van der Waals surface area contributed by atoms with E-state index in [0.29, 0.717) is 12.5 Å². The first-order valence-corrected chi connectivity index (χ1v) is 11.6. The predicted molar refractivity (Wildman–Crippen MR) is 119 cm³/mol. The molecule has 2 aliphatic heterocycles. The first-order valence-electron chi connectivity index (χ1n) is 11.6. The molecule has 3 fully saturated rings. The third-order valence-electron chi connectivity index (χ3n) is 7.02. The summed E-state index contributed by atoms with van der Waals surface area (Å²) in [6.45, 7) is 3.43. The molecular weight excluding hydrogens is 372 g/mol. The van der Waals surface area contributed by atoms with E-state index in [9.17, 15) is 4.79 Å². The third-order valence-corrected chi connectivity index (χ3v) is 7.02.